The van der Waals surface area contributed by atoms with Gasteiger partial charge in [-0.3, -0.25) is 4.57 Å². The van der Waals surface area contributed by atoms with Crippen LogP contribution in [0, 0.1) is 11.6 Å². The van der Waals surface area contributed by atoms with Gasteiger partial charge in [0.25, 0.3) is 0 Å². The zero-order valence-corrected chi connectivity index (χ0v) is 22.7. The minimum atomic E-state index is -4.27. The van der Waals surface area contributed by atoms with Crippen molar-refractivity contribution in [2.45, 2.75) is 30.2 Å². The minimum absolute atomic E-state index is 0.0344. The molecule has 0 unspecified atom stereocenters. The fraction of sp³-hybridized carbons (Fsp3) is 0.160. The Hall–Kier alpha value is -2.16. The van der Waals surface area contributed by atoms with Crippen LogP contribution in [0.5, 0.6) is 0 Å². The van der Waals surface area contributed by atoms with E-state index in [1.807, 2.05) is 13.8 Å². The first kappa shape index (κ1) is 26.9. The van der Waals surface area contributed by atoms with E-state index in [1.54, 1.807) is 18.2 Å². The summed E-state index contributed by atoms with van der Waals surface area (Å²) in [5, 5.41) is 0.192. The van der Waals surface area contributed by atoms with Crippen LogP contribution < -0.4 is 0 Å². The molecule has 0 fully saturated rings. The molecule has 188 valence electrons. The number of hydrogen-bond donors (Lipinski definition) is 0. The van der Waals surface area contributed by atoms with Gasteiger partial charge in [-0.25, -0.2) is 22.2 Å². The van der Waals surface area contributed by atoms with Crippen LogP contribution in [0.1, 0.15) is 30.7 Å². The molecule has 0 amide bonds. The van der Waals surface area contributed by atoms with Gasteiger partial charge in [-0.05, 0) is 48.0 Å². The van der Waals surface area contributed by atoms with Crippen molar-refractivity contribution in [3.8, 4) is 5.69 Å². The molecule has 3 aromatic carbocycles. The second kappa shape index (κ2) is 9.95. The van der Waals surface area contributed by atoms with Gasteiger partial charge in [0.15, 0.2) is 0 Å². The lowest BCUT2D eigenvalue weighted by Gasteiger charge is -2.28. The molecule has 0 aliphatic heterocycles. The van der Waals surface area contributed by atoms with Crippen LogP contribution in [-0.4, -0.2) is 18.0 Å². The molecule has 0 spiro atoms. The van der Waals surface area contributed by atoms with Crippen LogP contribution in [0.25, 0.3) is 5.69 Å². The Kier molecular flexibility index (Phi) is 7.43. The van der Waals surface area contributed by atoms with E-state index in [0.717, 1.165) is 18.2 Å². The minimum Gasteiger partial charge on any atom is -0.285 e. The molecule has 0 radical (unpaired) electrons. The number of aromatic nitrogens is 2. The lowest BCUT2D eigenvalue weighted by atomic mass is 9.81. The molecule has 1 aromatic heterocycles. The second-order valence-electron chi connectivity index (χ2n) is 8.57. The number of nitrogens with zero attached hydrogens (tertiary/aromatic N) is 2. The van der Waals surface area contributed by atoms with Gasteiger partial charge >= 0.3 is 0 Å². The lowest BCUT2D eigenvalue weighted by molar-refractivity contribution is 0.564. The summed E-state index contributed by atoms with van der Waals surface area (Å²) in [6.07, 6.45) is 1.39. The first-order chi connectivity index (χ1) is 16.8. The maximum atomic E-state index is 14.5. The number of sulfone groups is 1. The van der Waals surface area contributed by atoms with Gasteiger partial charge in [0.05, 0.1) is 38.4 Å². The molecule has 11 heteroatoms. The Balaban J connectivity index is 1.96. The number of rotatable bonds is 6. The quantitative estimate of drug-likeness (QED) is 0.228. The predicted octanol–water partition coefficient (Wildman–Crippen LogP) is 8.06. The second-order valence-corrected chi connectivity index (χ2v) is 12.1. The maximum absolute atomic E-state index is 14.5. The molecule has 0 N–H and O–H groups in total. The third kappa shape index (κ3) is 5.00. The normalized spacial score (nSPS) is 12.2. The molecule has 0 bridgehead atoms. The molecule has 0 aliphatic carbocycles. The topological polar surface area (TPSA) is 52.0 Å². The zero-order valence-electron chi connectivity index (χ0n) is 18.9. The first-order valence-corrected chi connectivity index (χ1v) is 13.6. The van der Waals surface area contributed by atoms with Crippen molar-refractivity contribution >= 4 is 56.2 Å². The van der Waals surface area contributed by atoms with Gasteiger partial charge in [0.1, 0.15) is 11.6 Å². The van der Waals surface area contributed by atoms with Crippen molar-refractivity contribution in [1.82, 2.24) is 9.55 Å². The first-order valence-electron chi connectivity index (χ1n) is 10.5. The highest BCUT2D eigenvalue weighted by molar-refractivity contribution is 7.90. The number of benzene rings is 3. The number of imidazole rings is 1. The fourth-order valence-electron chi connectivity index (χ4n) is 3.85. The Morgan fingerprint density at radius 2 is 1.61 bits per heavy atom. The van der Waals surface area contributed by atoms with E-state index < -0.39 is 37.8 Å². The van der Waals surface area contributed by atoms with Gasteiger partial charge in [0.2, 0.25) is 15.0 Å². The van der Waals surface area contributed by atoms with Crippen LogP contribution in [0.4, 0.5) is 8.78 Å². The van der Waals surface area contributed by atoms with E-state index >= 15 is 0 Å². The third-order valence-corrected chi connectivity index (χ3v) is 8.74. The summed E-state index contributed by atoms with van der Waals surface area (Å²) in [4.78, 5) is 4.21. The SMILES string of the molecule is CC(C)(c1ccc(Cl)c(Cl)c1)c1cnc(S(=O)(=O)Cc2c(F)cccc2Cl)n1-c1ccc(F)cc1Cl. The molecule has 0 saturated heterocycles. The Bertz CT molecular complexity index is 1570. The average Bonchev–Trinajstić information content (AvgIpc) is 3.25. The monoisotopic (exact) mass is 588 g/mol. The van der Waals surface area contributed by atoms with Crippen molar-refractivity contribution in [2.75, 3.05) is 0 Å². The van der Waals surface area contributed by atoms with E-state index in [0.29, 0.717) is 21.3 Å². The van der Waals surface area contributed by atoms with Crippen molar-refractivity contribution in [1.29, 1.82) is 0 Å². The zero-order chi connectivity index (χ0) is 26.4. The van der Waals surface area contributed by atoms with E-state index in [1.165, 1.54) is 29.0 Å². The average molecular weight is 590 g/mol. The van der Waals surface area contributed by atoms with Crippen LogP contribution in [0.15, 0.2) is 66.0 Å². The van der Waals surface area contributed by atoms with E-state index in [2.05, 4.69) is 4.98 Å². The summed E-state index contributed by atoms with van der Waals surface area (Å²) >= 11 is 24.8. The lowest BCUT2D eigenvalue weighted by Crippen LogP contribution is -2.24. The van der Waals surface area contributed by atoms with Crippen molar-refractivity contribution in [3.05, 3.63) is 109 Å². The predicted molar refractivity (Wildman–Crippen MR) is 139 cm³/mol. The highest BCUT2D eigenvalue weighted by Crippen LogP contribution is 2.39. The summed E-state index contributed by atoms with van der Waals surface area (Å²) in [5.41, 5.74) is 0.230. The highest BCUT2D eigenvalue weighted by Gasteiger charge is 2.34. The molecule has 0 atom stereocenters. The van der Waals surface area contributed by atoms with Crippen LogP contribution in [-0.2, 0) is 21.0 Å². The highest BCUT2D eigenvalue weighted by atomic mass is 35.5. The van der Waals surface area contributed by atoms with Gasteiger partial charge in [-0.2, -0.15) is 0 Å². The van der Waals surface area contributed by atoms with Crippen LogP contribution >= 0.6 is 46.4 Å². The molecule has 0 aliphatic rings. The molecule has 4 nitrogen and oxygen atoms in total. The maximum Gasteiger partial charge on any atom is 0.232 e. The fourth-order valence-corrected chi connectivity index (χ4v) is 6.20. The molecule has 36 heavy (non-hydrogen) atoms. The smallest absolute Gasteiger partial charge is 0.232 e. The molecule has 0 saturated carbocycles. The summed E-state index contributed by atoms with van der Waals surface area (Å²) in [7, 11) is -4.27. The molecule has 4 aromatic rings. The number of halogens is 6. The van der Waals surface area contributed by atoms with Gasteiger partial charge in [0, 0.05) is 16.0 Å². The summed E-state index contributed by atoms with van der Waals surface area (Å²) in [6.45, 7) is 3.67. The molecule has 1 heterocycles. The van der Waals surface area contributed by atoms with Crippen molar-refractivity contribution in [2.24, 2.45) is 0 Å². The van der Waals surface area contributed by atoms with Gasteiger partial charge in [-0.1, -0.05) is 72.4 Å². The Labute approximate surface area is 227 Å². The van der Waals surface area contributed by atoms with Crippen molar-refractivity contribution < 1.29 is 17.2 Å². The Morgan fingerprint density at radius 3 is 2.25 bits per heavy atom. The Morgan fingerprint density at radius 1 is 0.889 bits per heavy atom. The van der Waals surface area contributed by atoms with E-state index in [4.69, 9.17) is 46.4 Å². The van der Waals surface area contributed by atoms with E-state index in [9.17, 15) is 17.2 Å². The van der Waals surface area contributed by atoms with Crippen molar-refractivity contribution in [3.63, 3.8) is 0 Å². The summed E-state index contributed by atoms with van der Waals surface area (Å²) in [5.74, 6) is -2.11. The standard InChI is InChI=1S/C25H18Cl4F2N2O2S/c1-25(2,14-6-8-18(27)19(28)10-14)23-12-32-24(33(23)22-9-7-15(30)11-20(22)29)36(34,35)13-16-17(26)4-3-5-21(16)31/h3-12H,13H2,1-2H3. The van der Waals surface area contributed by atoms with E-state index in [-0.39, 0.29) is 21.3 Å². The molecule has 4 rings (SSSR count). The van der Waals surface area contributed by atoms with Gasteiger partial charge < -0.3 is 0 Å². The summed E-state index contributed by atoms with van der Waals surface area (Å²) in [6, 6.07) is 12.5. The summed E-state index contributed by atoms with van der Waals surface area (Å²) < 4.78 is 56.8. The van der Waals surface area contributed by atoms with Crippen LogP contribution in [0.3, 0.4) is 0 Å². The van der Waals surface area contributed by atoms with Crippen LogP contribution in [0.2, 0.25) is 20.1 Å². The third-order valence-electron chi connectivity index (χ3n) is 5.84. The largest absolute Gasteiger partial charge is 0.285 e. The van der Waals surface area contributed by atoms with Gasteiger partial charge in [-0.15, -0.1) is 0 Å². The molecular weight excluding hydrogens is 572 g/mol. The number of hydrogen-bond acceptors (Lipinski definition) is 3. The molecular formula is C25H18Cl4F2N2O2S.